The van der Waals surface area contributed by atoms with Gasteiger partial charge in [-0.15, -0.1) is 0 Å². The minimum Gasteiger partial charge on any atom is -0.383 e. The molecular formula is C27H29N5O. The number of fused-ring (bicyclic) bond motifs is 1. The lowest BCUT2D eigenvalue weighted by molar-refractivity contribution is 0.242. The molecule has 3 aromatic rings. The molecule has 1 atom stereocenters. The number of anilines is 1. The Morgan fingerprint density at radius 2 is 1.76 bits per heavy atom. The van der Waals surface area contributed by atoms with Crippen molar-refractivity contribution in [2.24, 2.45) is 10.7 Å². The van der Waals surface area contributed by atoms with Crippen molar-refractivity contribution in [1.29, 1.82) is 0 Å². The Morgan fingerprint density at radius 3 is 2.42 bits per heavy atom. The summed E-state index contributed by atoms with van der Waals surface area (Å²) in [6, 6.07) is 19.7. The molecule has 1 saturated carbocycles. The molecule has 1 fully saturated rings. The van der Waals surface area contributed by atoms with Crippen molar-refractivity contribution < 1.29 is 4.79 Å². The molecule has 0 bridgehead atoms. The summed E-state index contributed by atoms with van der Waals surface area (Å²) in [6.07, 6.45) is 2.38. The Hall–Kier alpha value is -3.67. The van der Waals surface area contributed by atoms with Gasteiger partial charge in [0, 0.05) is 22.9 Å². The van der Waals surface area contributed by atoms with Crippen LogP contribution in [0, 0.1) is 0 Å². The van der Waals surface area contributed by atoms with Crippen LogP contribution in [-0.2, 0) is 5.54 Å². The maximum absolute atomic E-state index is 12.7. The summed E-state index contributed by atoms with van der Waals surface area (Å²) in [5, 5.41) is 5.99. The van der Waals surface area contributed by atoms with Crippen molar-refractivity contribution in [1.82, 2.24) is 10.3 Å². The molecule has 2 aromatic carbocycles. The van der Waals surface area contributed by atoms with E-state index in [-0.39, 0.29) is 12.1 Å². The van der Waals surface area contributed by atoms with E-state index in [4.69, 9.17) is 10.7 Å². The SMILES string of the molecule is CC1N=C(N)c2c(-c3ccc(NC(=O)NC(C)(C)c4ccccc4)cc3)cc(C3CC3)nc21. The van der Waals surface area contributed by atoms with Crippen molar-refractivity contribution in [3.05, 3.63) is 83.2 Å². The lowest BCUT2D eigenvalue weighted by Crippen LogP contribution is -2.43. The monoisotopic (exact) mass is 439 g/mol. The van der Waals surface area contributed by atoms with E-state index in [0.29, 0.717) is 11.8 Å². The van der Waals surface area contributed by atoms with E-state index >= 15 is 0 Å². The molecule has 0 saturated heterocycles. The molecule has 0 radical (unpaired) electrons. The highest BCUT2D eigenvalue weighted by Gasteiger charge is 2.31. The summed E-state index contributed by atoms with van der Waals surface area (Å²) in [5.41, 5.74) is 12.7. The standard InChI is InChI=1S/C27H29N5O/c1-16-24-23(25(28)29-16)21(15-22(31-24)18-9-10-18)17-11-13-20(14-12-17)30-26(33)32-27(2,3)19-7-5-4-6-8-19/h4-8,11-16,18H,9-10H2,1-3H3,(H2,28,29)(H2,30,32,33). The normalized spacial score (nSPS) is 17.3. The van der Waals surface area contributed by atoms with Crippen LogP contribution >= 0.6 is 0 Å². The molecule has 1 aliphatic carbocycles. The van der Waals surface area contributed by atoms with Gasteiger partial charge in [0.1, 0.15) is 5.84 Å². The van der Waals surface area contributed by atoms with Crippen LogP contribution in [0.25, 0.3) is 11.1 Å². The first-order chi connectivity index (χ1) is 15.8. The van der Waals surface area contributed by atoms with E-state index in [1.165, 1.54) is 12.8 Å². The summed E-state index contributed by atoms with van der Waals surface area (Å²) >= 11 is 0. The molecule has 4 N–H and O–H groups in total. The zero-order chi connectivity index (χ0) is 23.2. The maximum atomic E-state index is 12.7. The van der Waals surface area contributed by atoms with Gasteiger partial charge in [0.15, 0.2) is 0 Å². The number of nitrogens with two attached hydrogens (primary N) is 1. The Kier molecular flexibility index (Phi) is 5.16. The number of benzene rings is 2. The van der Waals surface area contributed by atoms with Gasteiger partial charge in [0.05, 0.1) is 17.3 Å². The number of carbonyl (C=O) groups is 1. The molecule has 6 nitrogen and oxygen atoms in total. The number of nitrogens with zero attached hydrogens (tertiary/aromatic N) is 2. The average molecular weight is 440 g/mol. The van der Waals surface area contributed by atoms with Gasteiger partial charge in [-0.1, -0.05) is 42.5 Å². The van der Waals surface area contributed by atoms with Crippen LogP contribution in [0.15, 0.2) is 65.7 Å². The number of aromatic nitrogens is 1. The summed E-state index contributed by atoms with van der Waals surface area (Å²) in [4.78, 5) is 22.1. The molecule has 33 heavy (non-hydrogen) atoms. The molecule has 2 aliphatic rings. The molecule has 1 unspecified atom stereocenters. The smallest absolute Gasteiger partial charge is 0.319 e. The van der Waals surface area contributed by atoms with Gasteiger partial charge < -0.3 is 16.4 Å². The second-order valence-electron chi connectivity index (χ2n) is 9.47. The average Bonchev–Trinajstić information content (AvgIpc) is 3.60. The third-order valence-corrected chi connectivity index (χ3v) is 6.42. The van der Waals surface area contributed by atoms with E-state index < -0.39 is 5.54 Å². The van der Waals surface area contributed by atoms with Gasteiger partial charge >= 0.3 is 6.03 Å². The van der Waals surface area contributed by atoms with Crippen molar-refractivity contribution >= 4 is 17.6 Å². The number of amidine groups is 1. The van der Waals surface area contributed by atoms with Gasteiger partial charge in [0.2, 0.25) is 0 Å². The van der Waals surface area contributed by atoms with Crippen LogP contribution in [0.1, 0.15) is 68.1 Å². The fourth-order valence-electron chi connectivity index (χ4n) is 4.41. The second kappa shape index (κ2) is 8.03. The molecule has 1 aliphatic heterocycles. The van der Waals surface area contributed by atoms with E-state index in [1.54, 1.807) is 0 Å². The van der Waals surface area contributed by atoms with Gasteiger partial charge in [-0.25, -0.2) is 4.79 Å². The summed E-state index contributed by atoms with van der Waals surface area (Å²) in [7, 11) is 0. The fourth-order valence-corrected chi connectivity index (χ4v) is 4.41. The highest BCUT2D eigenvalue weighted by molar-refractivity contribution is 6.06. The third kappa shape index (κ3) is 4.21. The third-order valence-electron chi connectivity index (χ3n) is 6.42. The minimum absolute atomic E-state index is 0.0185. The van der Waals surface area contributed by atoms with E-state index in [1.807, 2.05) is 75.4 Å². The molecule has 6 heteroatoms. The molecule has 2 amide bonds. The Bertz CT molecular complexity index is 1230. The first kappa shape index (κ1) is 21.2. The van der Waals surface area contributed by atoms with E-state index in [0.717, 1.165) is 39.3 Å². The van der Waals surface area contributed by atoms with Crippen molar-refractivity contribution in [2.75, 3.05) is 5.32 Å². The lowest BCUT2D eigenvalue weighted by Gasteiger charge is -2.27. The van der Waals surface area contributed by atoms with Crippen LogP contribution < -0.4 is 16.4 Å². The number of amides is 2. The van der Waals surface area contributed by atoms with Crippen molar-refractivity contribution in [3.63, 3.8) is 0 Å². The molecule has 168 valence electrons. The number of aliphatic imine (C=N–C) groups is 1. The summed E-state index contributed by atoms with van der Waals surface area (Å²) in [5.74, 6) is 1.09. The number of hydrogen-bond acceptors (Lipinski definition) is 4. The number of rotatable bonds is 5. The molecular weight excluding hydrogens is 410 g/mol. The molecule has 2 heterocycles. The van der Waals surface area contributed by atoms with Crippen LogP contribution in [-0.4, -0.2) is 16.9 Å². The lowest BCUT2D eigenvalue weighted by atomic mass is 9.94. The second-order valence-corrected chi connectivity index (χ2v) is 9.47. The maximum Gasteiger partial charge on any atom is 0.319 e. The predicted molar refractivity (Wildman–Crippen MR) is 132 cm³/mol. The van der Waals surface area contributed by atoms with Crippen molar-refractivity contribution in [3.8, 4) is 11.1 Å². The topological polar surface area (TPSA) is 92.4 Å². The Balaban J connectivity index is 1.36. The summed E-state index contributed by atoms with van der Waals surface area (Å²) < 4.78 is 0. The molecule has 0 spiro atoms. The van der Waals surface area contributed by atoms with E-state index in [9.17, 15) is 4.79 Å². The Morgan fingerprint density at radius 1 is 1.06 bits per heavy atom. The first-order valence-electron chi connectivity index (χ1n) is 11.5. The van der Waals surface area contributed by atoms with Crippen LogP contribution in [0.3, 0.4) is 0 Å². The van der Waals surface area contributed by atoms with Gasteiger partial charge in [0.25, 0.3) is 0 Å². The number of carbonyl (C=O) groups excluding carboxylic acids is 1. The zero-order valence-electron chi connectivity index (χ0n) is 19.2. The largest absolute Gasteiger partial charge is 0.383 e. The first-order valence-corrected chi connectivity index (χ1v) is 11.5. The number of hydrogen-bond donors (Lipinski definition) is 3. The highest BCUT2D eigenvalue weighted by Crippen LogP contribution is 2.43. The van der Waals surface area contributed by atoms with Gasteiger partial charge in [-0.2, -0.15) is 0 Å². The van der Waals surface area contributed by atoms with Crippen LogP contribution in [0.5, 0.6) is 0 Å². The molecule has 1 aromatic heterocycles. The number of urea groups is 1. The minimum atomic E-state index is -0.490. The van der Waals surface area contributed by atoms with E-state index in [2.05, 4.69) is 21.7 Å². The quantitative estimate of drug-likeness (QED) is 0.493. The zero-order valence-corrected chi connectivity index (χ0v) is 19.2. The predicted octanol–water partition coefficient (Wildman–Crippen LogP) is 5.46. The number of nitrogens with one attached hydrogen (secondary N) is 2. The Labute approximate surface area is 194 Å². The van der Waals surface area contributed by atoms with Gasteiger partial charge in [-0.3, -0.25) is 9.98 Å². The molecule has 5 rings (SSSR count). The van der Waals surface area contributed by atoms with Crippen LogP contribution in [0.2, 0.25) is 0 Å². The number of pyridine rings is 1. The highest BCUT2D eigenvalue weighted by atomic mass is 16.2. The van der Waals surface area contributed by atoms with Crippen LogP contribution in [0.4, 0.5) is 10.5 Å². The van der Waals surface area contributed by atoms with Gasteiger partial charge in [-0.05, 0) is 68.5 Å². The fraction of sp³-hybridized carbons (Fsp3) is 0.296. The summed E-state index contributed by atoms with van der Waals surface area (Å²) in [6.45, 7) is 6.01. The van der Waals surface area contributed by atoms with Crippen molar-refractivity contribution in [2.45, 2.75) is 51.1 Å².